The maximum Gasteiger partial charge on any atom is 0.231 e. The van der Waals surface area contributed by atoms with Crippen molar-refractivity contribution < 1.29 is 0 Å². The molecule has 0 saturated heterocycles. The number of aromatic nitrogens is 3. The standard InChI is InChI=1S/C13H17ClN6/c1-8(9-6-4-5-7-10(9)14)16-12-17-11(15)18-13(19-12)20(2)3/h4-8H,1-3H3,(H3,15,16,17,18,19). The average Bonchev–Trinajstić information content (AvgIpc) is 2.38. The molecule has 6 nitrogen and oxygen atoms in total. The molecule has 0 amide bonds. The van der Waals surface area contributed by atoms with E-state index < -0.39 is 0 Å². The number of hydrogen-bond acceptors (Lipinski definition) is 6. The summed E-state index contributed by atoms with van der Waals surface area (Å²) in [4.78, 5) is 14.2. The molecule has 3 N–H and O–H groups in total. The van der Waals surface area contributed by atoms with E-state index >= 15 is 0 Å². The van der Waals surface area contributed by atoms with Gasteiger partial charge < -0.3 is 16.0 Å². The van der Waals surface area contributed by atoms with Gasteiger partial charge in [0.05, 0.1) is 6.04 Å². The Morgan fingerprint density at radius 2 is 1.90 bits per heavy atom. The fourth-order valence-corrected chi connectivity index (χ4v) is 2.04. The largest absolute Gasteiger partial charge is 0.368 e. The lowest BCUT2D eigenvalue weighted by molar-refractivity contribution is 0.850. The van der Waals surface area contributed by atoms with Crippen molar-refractivity contribution in [3.05, 3.63) is 34.9 Å². The molecule has 2 rings (SSSR count). The number of benzene rings is 1. The number of nitrogens with two attached hydrogens (primary N) is 1. The molecule has 1 aromatic heterocycles. The second kappa shape index (κ2) is 5.92. The SMILES string of the molecule is CC(Nc1nc(N)nc(N(C)C)n1)c1ccccc1Cl. The third-order valence-corrected chi connectivity index (χ3v) is 3.10. The van der Waals surface area contributed by atoms with Crippen molar-refractivity contribution in [2.45, 2.75) is 13.0 Å². The third kappa shape index (κ3) is 3.27. The van der Waals surface area contributed by atoms with Gasteiger partial charge in [0.25, 0.3) is 0 Å². The first-order chi connectivity index (χ1) is 9.47. The van der Waals surface area contributed by atoms with Crippen molar-refractivity contribution in [2.75, 3.05) is 30.0 Å². The van der Waals surface area contributed by atoms with Crippen LogP contribution in [0.4, 0.5) is 17.8 Å². The summed E-state index contributed by atoms with van der Waals surface area (Å²) in [7, 11) is 3.69. The van der Waals surface area contributed by atoms with Gasteiger partial charge in [-0.3, -0.25) is 0 Å². The lowest BCUT2D eigenvalue weighted by atomic mass is 10.1. The Hall–Kier alpha value is -2.08. The molecule has 2 aromatic rings. The molecule has 0 bridgehead atoms. The van der Waals surface area contributed by atoms with Crippen LogP contribution in [0.1, 0.15) is 18.5 Å². The molecule has 0 fully saturated rings. The molecule has 0 aliphatic heterocycles. The van der Waals surface area contributed by atoms with Crippen molar-refractivity contribution in [3.63, 3.8) is 0 Å². The molecule has 0 saturated carbocycles. The molecule has 7 heteroatoms. The number of hydrogen-bond donors (Lipinski definition) is 2. The van der Waals surface area contributed by atoms with Crippen LogP contribution in [0.5, 0.6) is 0 Å². The van der Waals surface area contributed by atoms with E-state index in [1.807, 2.05) is 45.3 Å². The zero-order valence-corrected chi connectivity index (χ0v) is 12.4. The fraction of sp³-hybridized carbons (Fsp3) is 0.308. The minimum absolute atomic E-state index is 0.0412. The van der Waals surface area contributed by atoms with Crippen LogP contribution in [0.3, 0.4) is 0 Å². The molecule has 20 heavy (non-hydrogen) atoms. The summed E-state index contributed by atoms with van der Waals surface area (Å²) in [6, 6.07) is 7.59. The zero-order chi connectivity index (χ0) is 14.7. The first-order valence-corrected chi connectivity index (χ1v) is 6.55. The van der Waals surface area contributed by atoms with E-state index in [1.165, 1.54) is 0 Å². The topological polar surface area (TPSA) is 80.0 Å². The Kier molecular flexibility index (Phi) is 4.24. The number of nitrogens with one attached hydrogen (secondary N) is 1. The van der Waals surface area contributed by atoms with Crippen molar-refractivity contribution in [1.29, 1.82) is 0 Å². The van der Waals surface area contributed by atoms with Crippen LogP contribution < -0.4 is 16.0 Å². The van der Waals surface area contributed by atoms with Gasteiger partial charge in [0.1, 0.15) is 0 Å². The van der Waals surface area contributed by atoms with Gasteiger partial charge >= 0.3 is 0 Å². The van der Waals surface area contributed by atoms with Crippen LogP contribution in [-0.4, -0.2) is 29.0 Å². The smallest absolute Gasteiger partial charge is 0.231 e. The molecular weight excluding hydrogens is 276 g/mol. The van der Waals surface area contributed by atoms with Gasteiger partial charge in [0.15, 0.2) is 0 Å². The number of nitrogens with zero attached hydrogens (tertiary/aromatic N) is 4. The Balaban J connectivity index is 2.24. The fourth-order valence-electron chi connectivity index (χ4n) is 1.74. The second-order valence-corrected chi connectivity index (χ2v) is 5.01. The average molecular weight is 293 g/mol. The van der Waals surface area contributed by atoms with E-state index in [0.29, 0.717) is 16.9 Å². The normalized spacial score (nSPS) is 12.0. The van der Waals surface area contributed by atoms with E-state index in [0.717, 1.165) is 5.56 Å². The molecule has 1 heterocycles. The van der Waals surface area contributed by atoms with Crippen molar-refractivity contribution >= 4 is 29.4 Å². The second-order valence-electron chi connectivity index (χ2n) is 4.60. The maximum atomic E-state index is 6.17. The Labute approximate surface area is 123 Å². The summed E-state index contributed by atoms with van der Waals surface area (Å²) >= 11 is 6.17. The van der Waals surface area contributed by atoms with Gasteiger partial charge in [-0.15, -0.1) is 0 Å². The quantitative estimate of drug-likeness (QED) is 0.900. The predicted molar refractivity (Wildman–Crippen MR) is 82.1 cm³/mol. The Morgan fingerprint density at radius 1 is 1.20 bits per heavy atom. The molecular formula is C13H17ClN6. The predicted octanol–water partition coefficient (Wildman–Crippen LogP) is 2.35. The molecule has 0 radical (unpaired) electrons. The van der Waals surface area contributed by atoms with Crippen LogP contribution in [0, 0.1) is 0 Å². The summed E-state index contributed by atoms with van der Waals surface area (Å²) in [6.07, 6.45) is 0. The maximum absolute atomic E-state index is 6.17. The molecule has 106 valence electrons. The van der Waals surface area contributed by atoms with Gasteiger partial charge in [-0.1, -0.05) is 29.8 Å². The van der Waals surface area contributed by atoms with Crippen LogP contribution in [-0.2, 0) is 0 Å². The third-order valence-electron chi connectivity index (χ3n) is 2.76. The van der Waals surface area contributed by atoms with E-state index in [4.69, 9.17) is 17.3 Å². The highest BCUT2D eigenvalue weighted by Gasteiger charge is 2.12. The van der Waals surface area contributed by atoms with E-state index in [2.05, 4.69) is 20.3 Å². The van der Waals surface area contributed by atoms with Gasteiger partial charge in [-0.2, -0.15) is 15.0 Å². The van der Waals surface area contributed by atoms with Crippen LogP contribution >= 0.6 is 11.6 Å². The van der Waals surface area contributed by atoms with Crippen LogP contribution in [0.2, 0.25) is 5.02 Å². The number of nitrogen functional groups attached to an aromatic ring is 1. The highest BCUT2D eigenvalue weighted by Crippen LogP contribution is 2.24. The molecule has 1 atom stereocenters. The van der Waals surface area contributed by atoms with Gasteiger partial charge in [-0.25, -0.2) is 0 Å². The van der Waals surface area contributed by atoms with E-state index in [1.54, 1.807) is 4.90 Å². The van der Waals surface area contributed by atoms with E-state index in [-0.39, 0.29) is 12.0 Å². The summed E-state index contributed by atoms with van der Waals surface area (Å²) in [5, 5.41) is 3.88. The monoisotopic (exact) mass is 292 g/mol. The summed E-state index contributed by atoms with van der Waals surface area (Å²) in [6.45, 7) is 1.98. The Bertz CT molecular complexity index is 601. The zero-order valence-electron chi connectivity index (χ0n) is 11.6. The van der Waals surface area contributed by atoms with Crippen LogP contribution in [0.25, 0.3) is 0 Å². The molecule has 1 aromatic carbocycles. The number of halogens is 1. The summed E-state index contributed by atoms with van der Waals surface area (Å²) < 4.78 is 0. The molecule has 0 spiro atoms. The number of anilines is 3. The highest BCUT2D eigenvalue weighted by atomic mass is 35.5. The first kappa shape index (κ1) is 14.3. The minimum Gasteiger partial charge on any atom is -0.368 e. The molecule has 1 unspecified atom stereocenters. The molecule has 0 aliphatic rings. The van der Waals surface area contributed by atoms with Crippen molar-refractivity contribution in [2.24, 2.45) is 0 Å². The van der Waals surface area contributed by atoms with Crippen molar-refractivity contribution in [3.8, 4) is 0 Å². The number of rotatable bonds is 4. The minimum atomic E-state index is -0.0412. The Morgan fingerprint density at radius 3 is 2.55 bits per heavy atom. The van der Waals surface area contributed by atoms with Crippen molar-refractivity contribution in [1.82, 2.24) is 15.0 Å². The first-order valence-electron chi connectivity index (χ1n) is 6.17. The van der Waals surface area contributed by atoms with E-state index in [9.17, 15) is 0 Å². The highest BCUT2D eigenvalue weighted by molar-refractivity contribution is 6.31. The summed E-state index contributed by atoms with van der Waals surface area (Å²) in [5.41, 5.74) is 6.66. The van der Waals surface area contributed by atoms with Gasteiger partial charge in [0.2, 0.25) is 17.8 Å². The lowest BCUT2D eigenvalue weighted by Gasteiger charge is -2.17. The molecule has 0 aliphatic carbocycles. The van der Waals surface area contributed by atoms with Gasteiger partial charge in [0, 0.05) is 19.1 Å². The lowest BCUT2D eigenvalue weighted by Crippen LogP contribution is -2.17. The summed E-state index contributed by atoms with van der Waals surface area (Å²) in [5.74, 6) is 1.11. The van der Waals surface area contributed by atoms with Crippen LogP contribution in [0.15, 0.2) is 24.3 Å². The van der Waals surface area contributed by atoms with Gasteiger partial charge in [-0.05, 0) is 18.6 Å².